The number of rotatable bonds is 45. The predicted octanol–water partition coefficient (Wildman–Crippen LogP) is 13.9. The van der Waals surface area contributed by atoms with Crippen molar-refractivity contribution in [3.8, 4) is 0 Å². The molecular weight excluding hydrogens is 732 g/mol. The summed E-state index contributed by atoms with van der Waals surface area (Å²) in [4.78, 5) is 23.0. The number of nitrogens with zero attached hydrogens (tertiary/aromatic N) is 1. The Balaban J connectivity index is 4.07. The molecule has 3 N–H and O–H groups in total. The third kappa shape index (κ3) is 43.1. The minimum absolute atomic E-state index is 0.0643. The molecule has 0 saturated carbocycles. The van der Waals surface area contributed by atoms with Gasteiger partial charge in [0.2, 0.25) is 5.91 Å². The number of allylic oxidation sites excluding steroid dienone is 1. The van der Waals surface area contributed by atoms with E-state index in [2.05, 4.69) is 19.2 Å². The second-order valence-electron chi connectivity index (χ2n) is 18.2. The van der Waals surface area contributed by atoms with E-state index in [0.717, 1.165) is 32.1 Å². The number of likely N-dealkylation sites (N-methyl/N-ethyl adjacent to an activating group) is 1. The van der Waals surface area contributed by atoms with Crippen LogP contribution in [0.3, 0.4) is 0 Å². The second kappa shape index (κ2) is 40.6. The van der Waals surface area contributed by atoms with Crippen LogP contribution in [0.25, 0.3) is 0 Å². The molecule has 0 aromatic heterocycles. The zero-order chi connectivity index (χ0) is 42.1. The molecule has 0 bridgehead atoms. The largest absolute Gasteiger partial charge is 0.472 e. The Labute approximate surface area is 354 Å². The van der Waals surface area contributed by atoms with Crippen LogP contribution in [0.1, 0.15) is 239 Å². The lowest BCUT2D eigenvalue weighted by Gasteiger charge is -2.25. The van der Waals surface area contributed by atoms with Crippen molar-refractivity contribution in [1.82, 2.24) is 5.32 Å². The van der Waals surface area contributed by atoms with Gasteiger partial charge in [0.1, 0.15) is 13.2 Å². The third-order valence-corrected chi connectivity index (χ3v) is 12.2. The Hall–Kier alpha value is -0.760. The van der Waals surface area contributed by atoms with Crippen LogP contribution >= 0.6 is 7.82 Å². The number of aliphatic hydroxyl groups is 1. The summed E-state index contributed by atoms with van der Waals surface area (Å²) < 4.78 is 23.5. The second-order valence-corrected chi connectivity index (χ2v) is 19.7. The van der Waals surface area contributed by atoms with Crippen molar-refractivity contribution in [2.45, 2.75) is 251 Å². The van der Waals surface area contributed by atoms with E-state index in [4.69, 9.17) is 9.05 Å². The monoisotopic (exact) mass is 830 g/mol. The molecule has 0 fully saturated rings. The van der Waals surface area contributed by atoms with Gasteiger partial charge in [-0.25, -0.2) is 4.57 Å². The van der Waals surface area contributed by atoms with E-state index >= 15 is 0 Å². The number of unbranched alkanes of at least 4 members (excludes halogenated alkanes) is 32. The predicted molar refractivity (Wildman–Crippen MR) is 245 cm³/mol. The van der Waals surface area contributed by atoms with Crippen LogP contribution in [0.5, 0.6) is 0 Å². The van der Waals surface area contributed by atoms with Gasteiger partial charge in [0.25, 0.3) is 0 Å². The quantitative estimate of drug-likeness (QED) is 0.0244. The van der Waals surface area contributed by atoms with E-state index in [1.165, 1.54) is 186 Å². The topological polar surface area (TPSA) is 105 Å². The first kappa shape index (κ1) is 56.2. The Kier molecular flexibility index (Phi) is 40.1. The van der Waals surface area contributed by atoms with E-state index in [0.29, 0.717) is 17.4 Å². The summed E-state index contributed by atoms with van der Waals surface area (Å²) in [6.07, 6.45) is 47.5. The number of nitrogens with one attached hydrogen (secondary N) is 1. The van der Waals surface area contributed by atoms with Crippen molar-refractivity contribution in [2.24, 2.45) is 0 Å². The van der Waals surface area contributed by atoms with Crippen molar-refractivity contribution < 1.29 is 32.9 Å². The minimum Gasteiger partial charge on any atom is -0.387 e. The number of carbonyl (C=O) groups is 1. The van der Waals surface area contributed by atoms with Gasteiger partial charge >= 0.3 is 7.82 Å². The molecule has 3 unspecified atom stereocenters. The van der Waals surface area contributed by atoms with Crippen LogP contribution in [-0.2, 0) is 18.4 Å². The summed E-state index contributed by atoms with van der Waals surface area (Å²) >= 11 is 0. The van der Waals surface area contributed by atoms with Gasteiger partial charge in [0.05, 0.1) is 39.9 Å². The van der Waals surface area contributed by atoms with Crippen molar-refractivity contribution in [1.29, 1.82) is 0 Å². The van der Waals surface area contributed by atoms with Gasteiger partial charge in [0.15, 0.2) is 0 Å². The standard InChI is InChI=1S/C48H97N2O6P/c1-6-8-10-12-14-16-17-18-19-20-21-22-23-24-25-26-27-28-29-30-31-32-33-34-35-37-39-41-47(51)46(45-56-57(53,54)55-44-43-50(3,4)5)49-48(52)42-40-38-36-15-13-11-9-7-2/h39,41,46-47,51H,6-38,40,42-45H2,1-5H3,(H-,49,52,53,54)/p+1/b41-39+. The van der Waals surface area contributed by atoms with E-state index in [1.54, 1.807) is 6.08 Å². The number of amides is 1. The summed E-state index contributed by atoms with van der Waals surface area (Å²) in [7, 11) is 1.58. The van der Waals surface area contributed by atoms with Crippen LogP contribution in [0.4, 0.5) is 0 Å². The Morgan fingerprint density at radius 3 is 1.30 bits per heavy atom. The molecule has 1 amide bonds. The fraction of sp³-hybridized carbons (Fsp3) is 0.938. The number of phosphoric acid groups is 1. The average molecular weight is 830 g/mol. The summed E-state index contributed by atoms with van der Waals surface area (Å²) in [5, 5.41) is 13.8. The molecule has 0 radical (unpaired) electrons. The van der Waals surface area contributed by atoms with Crippen LogP contribution in [0.15, 0.2) is 12.2 Å². The Bertz CT molecular complexity index is 942. The highest BCUT2D eigenvalue weighted by atomic mass is 31.2. The van der Waals surface area contributed by atoms with Crippen LogP contribution in [0.2, 0.25) is 0 Å². The first-order valence-electron chi connectivity index (χ1n) is 24.6. The number of aliphatic hydroxyl groups excluding tert-OH is 1. The summed E-state index contributed by atoms with van der Waals surface area (Å²) in [6.45, 7) is 4.80. The van der Waals surface area contributed by atoms with Crippen molar-refractivity contribution in [3.63, 3.8) is 0 Å². The molecule has 0 aromatic carbocycles. The molecule has 57 heavy (non-hydrogen) atoms. The zero-order valence-corrected chi connectivity index (χ0v) is 39.5. The first-order valence-corrected chi connectivity index (χ1v) is 26.1. The van der Waals surface area contributed by atoms with Crippen molar-refractivity contribution >= 4 is 13.7 Å². The van der Waals surface area contributed by atoms with Crippen LogP contribution < -0.4 is 5.32 Å². The van der Waals surface area contributed by atoms with Gasteiger partial charge in [0, 0.05) is 6.42 Å². The maximum absolute atomic E-state index is 12.8. The highest BCUT2D eigenvalue weighted by molar-refractivity contribution is 7.47. The normalized spacial score (nSPS) is 14.3. The molecule has 0 saturated heterocycles. The lowest BCUT2D eigenvalue weighted by atomic mass is 10.0. The lowest BCUT2D eigenvalue weighted by Crippen LogP contribution is -2.45. The van der Waals surface area contributed by atoms with E-state index in [9.17, 15) is 19.4 Å². The molecule has 0 heterocycles. The third-order valence-electron chi connectivity index (χ3n) is 11.3. The number of carbonyl (C=O) groups excluding carboxylic acids is 1. The molecule has 0 aliphatic rings. The molecule has 0 aliphatic heterocycles. The van der Waals surface area contributed by atoms with Crippen LogP contribution in [-0.4, -0.2) is 73.4 Å². The van der Waals surface area contributed by atoms with Gasteiger partial charge < -0.3 is 19.8 Å². The highest BCUT2D eigenvalue weighted by Gasteiger charge is 2.27. The van der Waals surface area contributed by atoms with Gasteiger partial charge in [-0.2, -0.15) is 0 Å². The average Bonchev–Trinajstić information content (AvgIpc) is 3.16. The molecular formula is C48H98N2O6P+. The summed E-state index contributed by atoms with van der Waals surface area (Å²) in [5.41, 5.74) is 0. The van der Waals surface area contributed by atoms with Gasteiger partial charge in [-0.15, -0.1) is 0 Å². The number of hydrogen-bond donors (Lipinski definition) is 3. The summed E-state index contributed by atoms with van der Waals surface area (Å²) in [5.74, 6) is -0.180. The van der Waals surface area contributed by atoms with E-state index in [1.807, 2.05) is 27.2 Å². The molecule has 0 spiro atoms. The molecule has 0 aromatic rings. The first-order chi connectivity index (χ1) is 27.5. The molecule has 9 heteroatoms. The summed E-state index contributed by atoms with van der Waals surface area (Å²) in [6, 6.07) is -0.839. The van der Waals surface area contributed by atoms with Gasteiger partial charge in [-0.1, -0.05) is 225 Å². The molecule has 3 atom stereocenters. The fourth-order valence-corrected chi connectivity index (χ4v) is 8.07. The Morgan fingerprint density at radius 1 is 0.579 bits per heavy atom. The molecule has 0 aliphatic carbocycles. The highest BCUT2D eigenvalue weighted by Crippen LogP contribution is 2.43. The molecule has 340 valence electrons. The maximum Gasteiger partial charge on any atom is 0.472 e. The van der Waals surface area contributed by atoms with Gasteiger partial charge in [-0.05, 0) is 19.3 Å². The molecule has 0 rings (SSSR count). The smallest absolute Gasteiger partial charge is 0.387 e. The number of hydrogen-bond acceptors (Lipinski definition) is 5. The molecule has 8 nitrogen and oxygen atoms in total. The van der Waals surface area contributed by atoms with E-state index < -0.39 is 20.0 Å². The lowest BCUT2D eigenvalue weighted by molar-refractivity contribution is -0.870. The van der Waals surface area contributed by atoms with Crippen molar-refractivity contribution in [2.75, 3.05) is 40.9 Å². The SMILES string of the molecule is CCCCCCCCCCCCCCCCCCCCCCCCCCC/C=C/C(O)C(COP(=O)(O)OCC[N+](C)(C)C)NC(=O)CCCCCCCCCC. The number of quaternary nitrogens is 1. The number of phosphoric ester groups is 1. The van der Waals surface area contributed by atoms with E-state index in [-0.39, 0.29) is 19.1 Å². The fourth-order valence-electron chi connectivity index (χ4n) is 7.34. The van der Waals surface area contributed by atoms with Crippen LogP contribution in [0, 0.1) is 0 Å². The zero-order valence-electron chi connectivity index (χ0n) is 38.6. The van der Waals surface area contributed by atoms with Gasteiger partial charge in [-0.3, -0.25) is 13.8 Å². The van der Waals surface area contributed by atoms with Crippen molar-refractivity contribution in [3.05, 3.63) is 12.2 Å². The maximum atomic E-state index is 12.8. The Morgan fingerprint density at radius 2 is 0.930 bits per heavy atom. The minimum atomic E-state index is -4.33.